The second-order valence-corrected chi connectivity index (χ2v) is 7.09. The first-order chi connectivity index (χ1) is 9.86. The molecule has 0 heterocycles. The number of nitrogens with zero attached hydrogens (tertiary/aromatic N) is 1. The molecule has 118 valence electrons. The van der Waals surface area contributed by atoms with Crippen LogP contribution in [0.5, 0.6) is 0 Å². The highest BCUT2D eigenvalue weighted by Gasteiger charge is 2.16. The number of aliphatic hydroxyl groups is 1. The first kappa shape index (κ1) is 17.9. The van der Waals surface area contributed by atoms with E-state index in [-0.39, 0.29) is 18.7 Å². The van der Waals surface area contributed by atoms with Gasteiger partial charge in [-0.05, 0) is 36.3 Å². The van der Waals surface area contributed by atoms with Crippen molar-refractivity contribution in [1.29, 1.82) is 0 Å². The Morgan fingerprint density at radius 2 is 2.05 bits per heavy atom. The summed E-state index contributed by atoms with van der Waals surface area (Å²) in [5.74, 6) is 0.941. The zero-order valence-corrected chi connectivity index (χ0v) is 14.3. The van der Waals surface area contributed by atoms with Crippen LogP contribution in [-0.4, -0.2) is 41.0 Å². The average molecular weight is 310 g/mol. The molecule has 0 aliphatic heterocycles. The number of rotatable bonds is 6. The second kappa shape index (κ2) is 8.29. The molecule has 0 saturated carbocycles. The number of nitrogens with one attached hydrogen (secondary N) is 1. The molecule has 1 unspecified atom stereocenters. The van der Waals surface area contributed by atoms with E-state index >= 15 is 0 Å². The molecule has 0 aliphatic carbocycles. The van der Waals surface area contributed by atoms with Crippen LogP contribution in [0.4, 0.5) is 10.5 Å². The molecule has 1 rings (SSSR count). The van der Waals surface area contributed by atoms with Gasteiger partial charge < -0.3 is 15.3 Å². The van der Waals surface area contributed by atoms with Crippen molar-refractivity contribution >= 4 is 23.5 Å². The summed E-state index contributed by atoms with van der Waals surface area (Å²) < 4.78 is 0. The molecule has 4 nitrogen and oxygen atoms in total. The number of benzene rings is 1. The average Bonchev–Trinajstić information content (AvgIpc) is 2.46. The third kappa shape index (κ3) is 5.25. The van der Waals surface area contributed by atoms with E-state index in [4.69, 9.17) is 5.11 Å². The lowest BCUT2D eigenvalue weighted by Crippen LogP contribution is -2.40. The van der Waals surface area contributed by atoms with Crippen molar-refractivity contribution in [2.75, 3.05) is 19.0 Å². The Morgan fingerprint density at radius 3 is 2.62 bits per heavy atom. The zero-order valence-electron chi connectivity index (χ0n) is 13.5. The number of anilines is 1. The Bertz CT molecular complexity index is 477. The van der Waals surface area contributed by atoms with Crippen LogP contribution in [0.3, 0.4) is 0 Å². The van der Waals surface area contributed by atoms with E-state index in [1.54, 1.807) is 7.05 Å². The van der Waals surface area contributed by atoms with Crippen molar-refractivity contribution in [1.82, 2.24) is 4.90 Å². The number of carbonyl (C=O) groups is 1. The number of thioether (sulfide) groups is 1. The Hall–Kier alpha value is -1.20. The summed E-state index contributed by atoms with van der Waals surface area (Å²) in [4.78, 5) is 13.6. The summed E-state index contributed by atoms with van der Waals surface area (Å²) in [5, 5.41) is 12.6. The van der Waals surface area contributed by atoms with Gasteiger partial charge in [-0.3, -0.25) is 0 Å². The van der Waals surface area contributed by atoms with E-state index in [1.165, 1.54) is 10.5 Å². The van der Waals surface area contributed by atoms with Crippen LogP contribution in [0, 0.1) is 6.92 Å². The number of hydrogen-bond donors (Lipinski definition) is 2. The molecule has 1 aromatic rings. The van der Waals surface area contributed by atoms with Gasteiger partial charge in [-0.1, -0.05) is 26.0 Å². The van der Waals surface area contributed by atoms with Gasteiger partial charge >= 0.3 is 6.03 Å². The summed E-state index contributed by atoms with van der Waals surface area (Å²) in [6.45, 7) is 8.14. The van der Waals surface area contributed by atoms with Gasteiger partial charge in [-0.25, -0.2) is 4.79 Å². The molecule has 0 saturated heterocycles. The summed E-state index contributed by atoms with van der Waals surface area (Å²) in [6, 6.07) is 5.57. The molecule has 0 fully saturated rings. The predicted molar refractivity (Wildman–Crippen MR) is 90.9 cm³/mol. The smallest absolute Gasteiger partial charge is 0.321 e. The summed E-state index contributed by atoms with van der Waals surface area (Å²) in [6.07, 6.45) is 0. The fraction of sp³-hybridized carbons (Fsp3) is 0.562. The fourth-order valence-electron chi connectivity index (χ4n) is 1.76. The first-order valence-corrected chi connectivity index (χ1v) is 8.26. The summed E-state index contributed by atoms with van der Waals surface area (Å²) in [7, 11) is 1.68. The van der Waals surface area contributed by atoms with Crippen LogP contribution in [-0.2, 0) is 5.75 Å². The van der Waals surface area contributed by atoms with Gasteiger partial charge in [0.2, 0.25) is 0 Å². The molecule has 0 spiro atoms. The molecule has 0 radical (unpaired) electrons. The van der Waals surface area contributed by atoms with Crippen LogP contribution < -0.4 is 5.32 Å². The van der Waals surface area contributed by atoms with Gasteiger partial charge in [0.05, 0.1) is 12.6 Å². The van der Waals surface area contributed by atoms with Gasteiger partial charge in [-0.15, -0.1) is 0 Å². The number of carbonyl (C=O) groups excluding carboxylic acids is 1. The van der Waals surface area contributed by atoms with Gasteiger partial charge in [0, 0.05) is 18.5 Å². The van der Waals surface area contributed by atoms with Crippen molar-refractivity contribution < 1.29 is 9.90 Å². The molecule has 1 aromatic carbocycles. The third-order valence-electron chi connectivity index (χ3n) is 3.51. The predicted octanol–water partition coefficient (Wildman–Crippen LogP) is 3.48. The van der Waals surface area contributed by atoms with Crippen LogP contribution in [0.15, 0.2) is 18.2 Å². The lowest BCUT2D eigenvalue weighted by atomic mass is 10.1. The second-order valence-electron chi connectivity index (χ2n) is 5.52. The quantitative estimate of drug-likeness (QED) is 0.846. The van der Waals surface area contributed by atoms with Gasteiger partial charge in [-0.2, -0.15) is 11.8 Å². The molecule has 5 heteroatoms. The standard InChI is InChI=1S/C16H26N2O2S/c1-11(2)21-10-14-7-6-8-15(13(14)4)17-16(20)18(5)12(3)9-19/h6-8,11-12,19H,9-10H2,1-5H3,(H,17,20). The number of amides is 2. The van der Waals surface area contributed by atoms with Crippen LogP contribution in [0.1, 0.15) is 31.9 Å². The molecule has 0 aliphatic rings. The molecular formula is C16H26N2O2S. The lowest BCUT2D eigenvalue weighted by molar-refractivity contribution is 0.166. The SMILES string of the molecule is Cc1c(CSC(C)C)cccc1NC(=O)N(C)C(C)CO. The van der Waals surface area contributed by atoms with Crippen LogP contribution >= 0.6 is 11.8 Å². The Balaban J connectivity index is 2.80. The largest absolute Gasteiger partial charge is 0.394 e. The van der Waals surface area contributed by atoms with E-state index in [0.29, 0.717) is 5.25 Å². The number of hydrogen-bond acceptors (Lipinski definition) is 3. The van der Waals surface area contributed by atoms with Crippen LogP contribution in [0.2, 0.25) is 0 Å². The van der Waals surface area contributed by atoms with Crippen molar-refractivity contribution in [3.63, 3.8) is 0 Å². The minimum Gasteiger partial charge on any atom is -0.394 e. The van der Waals surface area contributed by atoms with E-state index < -0.39 is 0 Å². The van der Waals surface area contributed by atoms with E-state index in [2.05, 4.69) is 25.2 Å². The van der Waals surface area contributed by atoms with Crippen molar-refractivity contribution in [2.45, 2.75) is 44.7 Å². The molecule has 1 atom stereocenters. The molecule has 0 aromatic heterocycles. The normalized spacial score (nSPS) is 12.3. The highest BCUT2D eigenvalue weighted by atomic mass is 32.2. The topological polar surface area (TPSA) is 52.6 Å². The minimum absolute atomic E-state index is 0.0476. The maximum atomic E-state index is 12.1. The van der Waals surface area contributed by atoms with Gasteiger partial charge in [0.25, 0.3) is 0 Å². The highest BCUT2D eigenvalue weighted by Crippen LogP contribution is 2.25. The van der Waals surface area contributed by atoms with Gasteiger partial charge in [0.15, 0.2) is 0 Å². The summed E-state index contributed by atoms with van der Waals surface area (Å²) >= 11 is 1.88. The van der Waals surface area contributed by atoms with Gasteiger partial charge in [0.1, 0.15) is 0 Å². The highest BCUT2D eigenvalue weighted by molar-refractivity contribution is 7.99. The lowest BCUT2D eigenvalue weighted by Gasteiger charge is -2.24. The Labute approximate surface area is 131 Å². The van der Waals surface area contributed by atoms with E-state index in [1.807, 2.05) is 37.7 Å². The van der Waals surface area contributed by atoms with E-state index in [9.17, 15) is 4.79 Å². The van der Waals surface area contributed by atoms with Crippen molar-refractivity contribution in [2.24, 2.45) is 0 Å². The molecule has 2 N–H and O–H groups in total. The molecular weight excluding hydrogens is 284 g/mol. The fourth-order valence-corrected chi connectivity index (χ4v) is 2.58. The maximum absolute atomic E-state index is 12.1. The third-order valence-corrected chi connectivity index (χ3v) is 4.65. The number of urea groups is 1. The van der Waals surface area contributed by atoms with Crippen molar-refractivity contribution in [3.8, 4) is 0 Å². The Kier molecular flexibility index (Phi) is 7.05. The minimum atomic E-state index is -0.204. The number of likely N-dealkylation sites (N-methyl/N-ethyl adjacent to an activating group) is 1. The van der Waals surface area contributed by atoms with E-state index in [0.717, 1.165) is 17.0 Å². The molecule has 0 bridgehead atoms. The monoisotopic (exact) mass is 310 g/mol. The molecule has 2 amide bonds. The summed E-state index contributed by atoms with van der Waals surface area (Å²) in [5.41, 5.74) is 3.17. The van der Waals surface area contributed by atoms with Crippen molar-refractivity contribution in [3.05, 3.63) is 29.3 Å². The Morgan fingerprint density at radius 1 is 1.38 bits per heavy atom. The maximum Gasteiger partial charge on any atom is 0.321 e. The number of aliphatic hydroxyl groups excluding tert-OH is 1. The first-order valence-electron chi connectivity index (χ1n) is 7.21. The molecule has 21 heavy (non-hydrogen) atoms. The zero-order chi connectivity index (χ0) is 16.0. The van der Waals surface area contributed by atoms with Crippen LogP contribution in [0.25, 0.3) is 0 Å².